The van der Waals surface area contributed by atoms with E-state index in [1.807, 2.05) is 6.92 Å². The van der Waals surface area contributed by atoms with Gasteiger partial charge in [0, 0.05) is 18.8 Å². The minimum absolute atomic E-state index is 0.110. The van der Waals surface area contributed by atoms with E-state index in [-0.39, 0.29) is 18.1 Å². The van der Waals surface area contributed by atoms with Crippen molar-refractivity contribution in [3.63, 3.8) is 0 Å². The maximum atomic E-state index is 11.9. The van der Waals surface area contributed by atoms with E-state index < -0.39 is 5.97 Å². The zero-order chi connectivity index (χ0) is 13.8. The topological polar surface area (TPSA) is 54.4 Å². The molecule has 106 valence electrons. The van der Waals surface area contributed by atoms with E-state index >= 15 is 0 Å². The molecule has 0 saturated carbocycles. The van der Waals surface area contributed by atoms with Crippen LogP contribution >= 0.6 is 0 Å². The van der Waals surface area contributed by atoms with Gasteiger partial charge in [0.1, 0.15) is 5.78 Å². The molecule has 0 aliphatic heterocycles. The van der Waals surface area contributed by atoms with Gasteiger partial charge in [0.2, 0.25) is 0 Å². The maximum Gasteiger partial charge on any atom is 0.303 e. The molecule has 0 aliphatic rings. The van der Waals surface area contributed by atoms with E-state index in [0.29, 0.717) is 12.8 Å². The highest BCUT2D eigenvalue weighted by Crippen LogP contribution is 2.18. The van der Waals surface area contributed by atoms with Gasteiger partial charge in [0.15, 0.2) is 0 Å². The molecule has 0 aromatic carbocycles. The summed E-state index contributed by atoms with van der Waals surface area (Å²) in [6.45, 7) is 4.24. The molecule has 3 nitrogen and oxygen atoms in total. The highest BCUT2D eigenvalue weighted by molar-refractivity contribution is 5.81. The first-order valence-corrected chi connectivity index (χ1v) is 7.36. The molecule has 18 heavy (non-hydrogen) atoms. The fourth-order valence-electron chi connectivity index (χ4n) is 2.21. The monoisotopic (exact) mass is 256 g/mol. The molecule has 0 heterocycles. The zero-order valence-electron chi connectivity index (χ0n) is 11.9. The van der Waals surface area contributed by atoms with Crippen molar-refractivity contribution in [2.45, 2.75) is 78.1 Å². The van der Waals surface area contributed by atoms with Crippen LogP contribution in [0.1, 0.15) is 78.1 Å². The van der Waals surface area contributed by atoms with Crippen LogP contribution in [-0.2, 0) is 9.59 Å². The van der Waals surface area contributed by atoms with E-state index in [0.717, 1.165) is 19.3 Å². The van der Waals surface area contributed by atoms with Crippen LogP contribution in [0.3, 0.4) is 0 Å². The number of Topliss-reactive ketones (excluding diaryl/α,β-unsaturated/α-hetero) is 1. The third-order valence-corrected chi connectivity index (χ3v) is 3.42. The molecule has 0 fully saturated rings. The Morgan fingerprint density at radius 3 is 2.17 bits per heavy atom. The van der Waals surface area contributed by atoms with Crippen LogP contribution in [0.4, 0.5) is 0 Å². The number of carbonyl (C=O) groups is 2. The molecular formula is C15H28O3. The summed E-state index contributed by atoms with van der Waals surface area (Å²) in [6, 6.07) is 0. The van der Waals surface area contributed by atoms with Gasteiger partial charge < -0.3 is 5.11 Å². The largest absolute Gasteiger partial charge is 0.481 e. The Morgan fingerprint density at radius 1 is 0.944 bits per heavy atom. The first-order chi connectivity index (χ1) is 8.61. The fraction of sp³-hybridized carbons (Fsp3) is 0.867. The smallest absolute Gasteiger partial charge is 0.303 e. The van der Waals surface area contributed by atoms with Crippen molar-refractivity contribution in [3.05, 3.63) is 0 Å². The molecule has 0 rings (SSSR count). The summed E-state index contributed by atoms with van der Waals surface area (Å²) in [7, 11) is 0. The minimum Gasteiger partial charge on any atom is -0.481 e. The van der Waals surface area contributed by atoms with Gasteiger partial charge in [0.25, 0.3) is 0 Å². The van der Waals surface area contributed by atoms with Crippen molar-refractivity contribution in [1.29, 1.82) is 0 Å². The molecule has 0 aliphatic carbocycles. The Bertz CT molecular complexity index is 236. The Hall–Kier alpha value is -0.860. The summed E-state index contributed by atoms with van der Waals surface area (Å²) in [5.74, 6) is -0.398. The normalized spacial score (nSPS) is 12.3. The third-order valence-electron chi connectivity index (χ3n) is 3.42. The molecular weight excluding hydrogens is 228 g/mol. The second-order valence-electron chi connectivity index (χ2n) is 5.02. The second kappa shape index (κ2) is 11.2. The molecule has 0 aromatic rings. The van der Waals surface area contributed by atoms with Crippen LogP contribution < -0.4 is 0 Å². The predicted molar refractivity (Wildman–Crippen MR) is 73.7 cm³/mol. The van der Waals surface area contributed by atoms with Crippen LogP contribution in [0.2, 0.25) is 0 Å². The quantitative estimate of drug-likeness (QED) is 0.532. The third kappa shape index (κ3) is 9.20. The van der Waals surface area contributed by atoms with Crippen LogP contribution in [0.5, 0.6) is 0 Å². The summed E-state index contributed by atoms with van der Waals surface area (Å²) in [5.41, 5.74) is 0. The van der Waals surface area contributed by atoms with Crippen molar-refractivity contribution >= 4 is 11.8 Å². The lowest BCUT2D eigenvalue weighted by Crippen LogP contribution is -2.14. The molecule has 1 atom stereocenters. The number of ketones is 1. The van der Waals surface area contributed by atoms with Crippen molar-refractivity contribution in [2.75, 3.05) is 0 Å². The van der Waals surface area contributed by atoms with Gasteiger partial charge in [-0.3, -0.25) is 9.59 Å². The van der Waals surface area contributed by atoms with E-state index in [1.165, 1.54) is 25.7 Å². The first-order valence-electron chi connectivity index (χ1n) is 7.36. The Labute approximate surface area is 111 Å². The number of carboxylic acids is 1. The Balaban J connectivity index is 3.71. The van der Waals surface area contributed by atoms with Gasteiger partial charge in [-0.1, -0.05) is 46.0 Å². The number of unbranched alkanes of at least 4 members (excludes halogenated alkanes) is 4. The molecule has 0 bridgehead atoms. The van der Waals surface area contributed by atoms with Crippen molar-refractivity contribution in [3.8, 4) is 0 Å². The first kappa shape index (κ1) is 17.1. The van der Waals surface area contributed by atoms with Crippen LogP contribution in [-0.4, -0.2) is 16.9 Å². The lowest BCUT2D eigenvalue weighted by atomic mass is 9.91. The van der Waals surface area contributed by atoms with Crippen molar-refractivity contribution < 1.29 is 14.7 Å². The highest BCUT2D eigenvalue weighted by atomic mass is 16.4. The number of carbonyl (C=O) groups excluding carboxylic acids is 1. The fourth-order valence-corrected chi connectivity index (χ4v) is 2.21. The van der Waals surface area contributed by atoms with Gasteiger partial charge in [-0.25, -0.2) is 0 Å². The molecule has 1 unspecified atom stereocenters. The highest BCUT2D eigenvalue weighted by Gasteiger charge is 2.15. The zero-order valence-corrected chi connectivity index (χ0v) is 11.9. The number of hydrogen-bond donors (Lipinski definition) is 1. The van der Waals surface area contributed by atoms with Crippen molar-refractivity contribution in [2.24, 2.45) is 5.92 Å². The van der Waals surface area contributed by atoms with Crippen LogP contribution in [0.15, 0.2) is 0 Å². The van der Waals surface area contributed by atoms with Crippen LogP contribution in [0, 0.1) is 5.92 Å². The summed E-state index contributed by atoms with van der Waals surface area (Å²) in [4.78, 5) is 22.3. The van der Waals surface area contributed by atoms with Gasteiger partial charge in [-0.15, -0.1) is 0 Å². The summed E-state index contributed by atoms with van der Waals surface area (Å²) < 4.78 is 0. The maximum absolute atomic E-state index is 11.9. The Kier molecular flexibility index (Phi) is 10.7. The number of rotatable bonds is 12. The average Bonchev–Trinajstić information content (AvgIpc) is 2.33. The number of aliphatic carboxylic acids is 1. The average molecular weight is 256 g/mol. The van der Waals surface area contributed by atoms with E-state index in [2.05, 4.69) is 6.92 Å². The molecule has 1 N–H and O–H groups in total. The van der Waals surface area contributed by atoms with Gasteiger partial charge in [0.05, 0.1) is 0 Å². The molecule has 3 heteroatoms. The van der Waals surface area contributed by atoms with Gasteiger partial charge in [-0.2, -0.15) is 0 Å². The summed E-state index contributed by atoms with van der Waals surface area (Å²) in [6.07, 6.45) is 9.02. The standard InChI is InChI=1S/C15H28O3/c1-3-5-6-7-8-10-13(4-2)14(16)11-9-12-15(17)18/h13H,3-12H2,1-2H3,(H,17,18). The lowest BCUT2D eigenvalue weighted by Gasteiger charge is -2.13. The lowest BCUT2D eigenvalue weighted by molar-refractivity contribution is -0.137. The van der Waals surface area contributed by atoms with E-state index in [4.69, 9.17) is 5.11 Å². The molecule has 0 spiro atoms. The van der Waals surface area contributed by atoms with Gasteiger partial charge >= 0.3 is 5.97 Å². The molecule has 0 radical (unpaired) electrons. The molecule has 0 amide bonds. The van der Waals surface area contributed by atoms with Gasteiger partial charge in [-0.05, 0) is 19.3 Å². The summed E-state index contributed by atoms with van der Waals surface area (Å²) >= 11 is 0. The van der Waals surface area contributed by atoms with E-state index in [9.17, 15) is 9.59 Å². The minimum atomic E-state index is -0.810. The molecule has 0 saturated heterocycles. The number of carboxylic acid groups (broad SMARTS) is 1. The van der Waals surface area contributed by atoms with Crippen molar-refractivity contribution in [1.82, 2.24) is 0 Å². The van der Waals surface area contributed by atoms with Crippen LogP contribution in [0.25, 0.3) is 0 Å². The molecule has 0 aromatic heterocycles. The predicted octanol–water partition coefficient (Wildman–Crippen LogP) is 4.20. The number of hydrogen-bond acceptors (Lipinski definition) is 2. The SMILES string of the molecule is CCCCCCCC(CC)C(=O)CCCC(=O)O. The van der Waals surface area contributed by atoms with E-state index in [1.54, 1.807) is 0 Å². The Morgan fingerprint density at radius 2 is 1.61 bits per heavy atom. The summed E-state index contributed by atoms with van der Waals surface area (Å²) in [5, 5.41) is 8.53. The second-order valence-corrected chi connectivity index (χ2v) is 5.02.